The van der Waals surface area contributed by atoms with Gasteiger partial charge in [-0.1, -0.05) is 29.8 Å². The number of fused-ring (bicyclic) bond motifs is 1. The van der Waals surface area contributed by atoms with Crippen LogP contribution in [0.25, 0.3) is 11.2 Å². The van der Waals surface area contributed by atoms with Crippen molar-refractivity contribution in [3.8, 4) is 5.75 Å². The lowest BCUT2D eigenvalue weighted by Crippen LogP contribution is -2.13. The SMILES string of the molecule is COc1ccc([N+](=O)[O-])cc1Sc1nc2c([nH]1)c(=N)ncn2CCc1ccccc1Cl. The lowest BCUT2D eigenvalue weighted by atomic mass is 10.1. The van der Waals surface area contributed by atoms with Crippen molar-refractivity contribution in [3.05, 3.63) is 75.0 Å². The summed E-state index contributed by atoms with van der Waals surface area (Å²) in [5.41, 5.74) is 2.07. The van der Waals surface area contributed by atoms with Crippen molar-refractivity contribution in [2.45, 2.75) is 23.0 Å². The summed E-state index contributed by atoms with van der Waals surface area (Å²) in [6.45, 7) is 0.572. The number of hydrogen-bond acceptors (Lipinski definition) is 7. The molecule has 0 spiro atoms. The minimum Gasteiger partial charge on any atom is -0.496 e. The molecule has 0 aliphatic carbocycles. The van der Waals surface area contributed by atoms with Gasteiger partial charge in [-0.3, -0.25) is 15.5 Å². The van der Waals surface area contributed by atoms with Crippen LogP contribution in [0.4, 0.5) is 5.69 Å². The average Bonchev–Trinajstić information content (AvgIpc) is 3.19. The quantitative estimate of drug-likeness (QED) is 0.317. The number of hydrogen-bond donors (Lipinski definition) is 2. The summed E-state index contributed by atoms with van der Waals surface area (Å²) in [4.78, 5) is 23.0. The van der Waals surface area contributed by atoms with Crippen LogP contribution in [0.3, 0.4) is 0 Å². The maximum absolute atomic E-state index is 11.1. The molecule has 0 radical (unpaired) electrons. The Balaban J connectivity index is 1.67. The van der Waals surface area contributed by atoms with Gasteiger partial charge in [-0.25, -0.2) is 9.97 Å². The van der Waals surface area contributed by atoms with Crippen molar-refractivity contribution in [2.24, 2.45) is 0 Å². The van der Waals surface area contributed by atoms with Crippen LogP contribution >= 0.6 is 23.4 Å². The van der Waals surface area contributed by atoms with Gasteiger partial charge in [-0.15, -0.1) is 0 Å². The maximum Gasteiger partial charge on any atom is 0.270 e. The molecule has 4 rings (SSSR count). The molecule has 0 saturated carbocycles. The number of non-ortho nitro benzene ring substituents is 1. The Bertz CT molecular complexity index is 1340. The topological polar surface area (TPSA) is 123 Å². The standard InChI is InChI=1S/C20H17ClN6O3S/c1-30-15-7-6-13(27(28)29)10-16(15)31-20-24-17-18(22)23-11-26(19(17)25-20)9-8-12-4-2-3-5-14(12)21/h2-7,10-11,22H,8-9H2,1H3,(H,24,25). The molecule has 2 aromatic carbocycles. The van der Waals surface area contributed by atoms with Gasteiger partial charge in [0.05, 0.1) is 23.3 Å². The van der Waals surface area contributed by atoms with Gasteiger partial charge in [0.25, 0.3) is 5.69 Å². The number of nitrogens with zero attached hydrogens (tertiary/aromatic N) is 4. The molecule has 0 aliphatic heterocycles. The largest absolute Gasteiger partial charge is 0.496 e. The maximum atomic E-state index is 11.1. The number of aromatic nitrogens is 4. The minimum absolute atomic E-state index is 0.0444. The van der Waals surface area contributed by atoms with Gasteiger partial charge in [0.2, 0.25) is 0 Å². The normalized spacial score (nSPS) is 11.0. The zero-order chi connectivity index (χ0) is 22.0. The van der Waals surface area contributed by atoms with E-state index in [9.17, 15) is 10.1 Å². The third-order valence-electron chi connectivity index (χ3n) is 4.64. The first-order valence-electron chi connectivity index (χ1n) is 9.19. The van der Waals surface area contributed by atoms with Crippen LogP contribution in [-0.4, -0.2) is 31.6 Å². The first kappa shape index (κ1) is 20.9. The van der Waals surface area contributed by atoms with Crippen LogP contribution in [0.5, 0.6) is 5.75 Å². The number of halogens is 1. The molecule has 0 amide bonds. The van der Waals surface area contributed by atoms with Crippen LogP contribution < -0.4 is 10.2 Å². The average molecular weight is 457 g/mol. The molecule has 158 valence electrons. The number of nitro benzene ring substituents is 1. The minimum atomic E-state index is -0.462. The molecule has 2 aromatic heterocycles. The van der Waals surface area contributed by atoms with Crippen molar-refractivity contribution >= 4 is 40.2 Å². The lowest BCUT2D eigenvalue weighted by Gasteiger charge is -2.08. The summed E-state index contributed by atoms with van der Waals surface area (Å²) < 4.78 is 7.17. The predicted octanol–water partition coefficient (Wildman–Crippen LogP) is 4.20. The van der Waals surface area contributed by atoms with Crippen molar-refractivity contribution < 1.29 is 9.66 Å². The fourth-order valence-electron chi connectivity index (χ4n) is 3.08. The molecular formula is C20H17ClN6O3S. The highest BCUT2D eigenvalue weighted by Gasteiger charge is 2.16. The van der Waals surface area contributed by atoms with Crippen molar-refractivity contribution in [1.29, 1.82) is 5.41 Å². The number of benzene rings is 2. The number of nitrogens with one attached hydrogen (secondary N) is 2. The number of H-pyrrole nitrogens is 1. The Hall–Kier alpha value is -3.37. The molecule has 0 atom stereocenters. The molecule has 0 unspecified atom stereocenters. The van der Waals surface area contributed by atoms with E-state index >= 15 is 0 Å². The molecule has 11 heteroatoms. The van der Waals surface area contributed by atoms with Gasteiger partial charge >= 0.3 is 0 Å². The number of rotatable bonds is 7. The smallest absolute Gasteiger partial charge is 0.270 e. The van der Waals surface area contributed by atoms with E-state index in [4.69, 9.17) is 21.7 Å². The van der Waals surface area contributed by atoms with Gasteiger partial charge in [-0.05, 0) is 35.9 Å². The second kappa shape index (κ2) is 8.78. The first-order valence-corrected chi connectivity index (χ1v) is 10.4. The van der Waals surface area contributed by atoms with E-state index in [0.29, 0.717) is 45.0 Å². The van der Waals surface area contributed by atoms with E-state index in [1.54, 1.807) is 12.4 Å². The number of ether oxygens (including phenoxy) is 1. The van der Waals surface area contributed by atoms with Crippen LogP contribution in [0.1, 0.15) is 5.56 Å². The van der Waals surface area contributed by atoms with E-state index in [-0.39, 0.29) is 11.2 Å². The van der Waals surface area contributed by atoms with Gasteiger partial charge in [0.1, 0.15) is 11.3 Å². The second-order valence-corrected chi connectivity index (χ2v) is 8.00. The molecule has 0 saturated heterocycles. The van der Waals surface area contributed by atoms with Gasteiger partial charge < -0.3 is 14.3 Å². The number of nitro groups is 1. The van der Waals surface area contributed by atoms with Crippen molar-refractivity contribution in [3.63, 3.8) is 0 Å². The van der Waals surface area contributed by atoms with E-state index < -0.39 is 4.92 Å². The summed E-state index contributed by atoms with van der Waals surface area (Å²) in [7, 11) is 1.50. The van der Waals surface area contributed by atoms with Gasteiger partial charge in [-0.2, -0.15) is 0 Å². The third-order valence-corrected chi connectivity index (χ3v) is 5.94. The number of aryl methyl sites for hydroxylation is 2. The van der Waals surface area contributed by atoms with Gasteiger partial charge in [0.15, 0.2) is 16.3 Å². The molecule has 0 bridgehead atoms. The third kappa shape index (κ3) is 4.39. The fourth-order valence-corrected chi connectivity index (χ4v) is 4.23. The number of aromatic amines is 1. The Kier molecular flexibility index (Phi) is 5.92. The number of imidazole rings is 1. The van der Waals surface area contributed by atoms with Crippen LogP contribution in [0.15, 0.2) is 58.8 Å². The molecule has 2 heterocycles. The molecule has 2 N–H and O–H groups in total. The van der Waals surface area contributed by atoms with E-state index in [0.717, 1.165) is 5.56 Å². The second-order valence-electron chi connectivity index (χ2n) is 6.56. The highest BCUT2D eigenvalue weighted by molar-refractivity contribution is 7.99. The van der Waals surface area contributed by atoms with E-state index in [1.165, 1.54) is 31.0 Å². The summed E-state index contributed by atoms with van der Waals surface area (Å²) in [6, 6.07) is 12.0. The van der Waals surface area contributed by atoms with Crippen LogP contribution in [0, 0.1) is 15.5 Å². The van der Waals surface area contributed by atoms with Crippen LogP contribution in [0.2, 0.25) is 5.02 Å². The molecular weight excluding hydrogens is 440 g/mol. The summed E-state index contributed by atoms with van der Waals surface area (Å²) in [5.74, 6) is 0.492. The van der Waals surface area contributed by atoms with Gasteiger partial charge in [0, 0.05) is 23.7 Å². The highest BCUT2D eigenvalue weighted by Crippen LogP contribution is 2.36. The van der Waals surface area contributed by atoms with Crippen LogP contribution in [-0.2, 0) is 13.0 Å². The summed E-state index contributed by atoms with van der Waals surface area (Å²) >= 11 is 7.44. The molecule has 4 aromatic rings. The Morgan fingerprint density at radius 1 is 1.32 bits per heavy atom. The first-order chi connectivity index (χ1) is 15.0. The zero-order valence-corrected chi connectivity index (χ0v) is 17.9. The van der Waals surface area contributed by atoms with Crippen molar-refractivity contribution in [2.75, 3.05) is 7.11 Å². The highest BCUT2D eigenvalue weighted by atomic mass is 35.5. The summed E-state index contributed by atoms with van der Waals surface area (Å²) in [5, 5.41) is 20.4. The van der Waals surface area contributed by atoms with Crippen molar-refractivity contribution in [1.82, 2.24) is 19.5 Å². The lowest BCUT2D eigenvalue weighted by molar-refractivity contribution is -0.385. The number of methoxy groups -OCH3 is 1. The fraction of sp³-hybridized carbons (Fsp3) is 0.150. The Labute approximate surface area is 185 Å². The molecule has 0 aliphatic rings. The molecule has 9 nitrogen and oxygen atoms in total. The zero-order valence-electron chi connectivity index (χ0n) is 16.3. The summed E-state index contributed by atoms with van der Waals surface area (Å²) in [6.07, 6.45) is 2.25. The Morgan fingerprint density at radius 3 is 2.87 bits per heavy atom. The monoisotopic (exact) mass is 456 g/mol. The molecule has 31 heavy (non-hydrogen) atoms. The molecule has 0 fully saturated rings. The Morgan fingerprint density at radius 2 is 2.13 bits per heavy atom. The van der Waals surface area contributed by atoms with E-state index in [1.807, 2.05) is 28.8 Å². The predicted molar refractivity (Wildman–Crippen MR) is 117 cm³/mol. The van der Waals surface area contributed by atoms with E-state index in [2.05, 4.69) is 15.0 Å².